The molecule has 194 valence electrons. The van der Waals surface area contributed by atoms with Crippen LogP contribution in [0.3, 0.4) is 0 Å². The second-order valence-corrected chi connectivity index (χ2v) is 11.2. The molecule has 0 aliphatic rings. The number of fused-ring (bicyclic) bond motifs is 16. The maximum absolute atomic E-state index is 5.14. The number of para-hydroxylation sites is 3. The van der Waals surface area contributed by atoms with Gasteiger partial charge in [-0.25, -0.2) is 4.98 Å². The van der Waals surface area contributed by atoms with Gasteiger partial charge in [0.15, 0.2) is 0 Å². The maximum atomic E-state index is 5.14. The molecule has 0 aliphatic heterocycles. The lowest BCUT2D eigenvalue weighted by Crippen LogP contribution is -1.97. The zero-order valence-corrected chi connectivity index (χ0v) is 22.6. The van der Waals surface area contributed by atoms with E-state index in [2.05, 4.69) is 148 Å². The normalized spacial score (nSPS) is 12.3. The van der Waals surface area contributed by atoms with E-state index in [0.29, 0.717) is 0 Å². The summed E-state index contributed by atoms with van der Waals surface area (Å²) in [6, 6.07) is 50.5. The topological polar surface area (TPSA) is 22.2 Å². The molecule has 0 saturated heterocycles. The second-order valence-electron chi connectivity index (χ2n) is 11.2. The third-order valence-electron chi connectivity index (χ3n) is 9.04. The number of hydrogen-bond acceptors (Lipinski definition) is 1. The summed E-state index contributed by atoms with van der Waals surface area (Å²) in [5.74, 6) is 0. The molecule has 0 N–H and O–H groups in total. The van der Waals surface area contributed by atoms with E-state index in [-0.39, 0.29) is 0 Å². The lowest BCUT2D eigenvalue weighted by molar-refractivity contribution is 1.19. The molecular formula is C39H23N3. The Kier molecular flexibility index (Phi) is 4.18. The van der Waals surface area contributed by atoms with Crippen molar-refractivity contribution in [3.8, 4) is 5.69 Å². The zero-order chi connectivity index (χ0) is 27.4. The minimum Gasteiger partial charge on any atom is -0.307 e. The molecular weight excluding hydrogens is 510 g/mol. The fraction of sp³-hybridized carbons (Fsp3) is 0. The highest BCUT2D eigenvalue weighted by atomic mass is 15.1. The Morgan fingerprint density at radius 3 is 1.62 bits per heavy atom. The Bertz CT molecular complexity index is 2710. The SMILES string of the molecule is c1ccc2c(c1)nc1c3ccccc3c3c(c4ccccc4n3-c3ccc4c5ccccc5c5ccccc5c4c3)n21. The molecule has 0 amide bonds. The van der Waals surface area contributed by atoms with Crippen molar-refractivity contribution in [2.24, 2.45) is 0 Å². The molecule has 10 aromatic rings. The molecule has 0 aliphatic carbocycles. The molecule has 3 aromatic heterocycles. The predicted octanol–water partition coefficient (Wildman–Crippen LogP) is 10.2. The second kappa shape index (κ2) is 7.96. The van der Waals surface area contributed by atoms with E-state index in [1.807, 2.05) is 0 Å². The fourth-order valence-electron chi connectivity index (χ4n) is 7.32. The summed E-state index contributed by atoms with van der Waals surface area (Å²) >= 11 is 0. The van der Waals surface area contributed by atoms with Crippen molar-refractivity contribution in [1.29, 1.82) is 0 Å². The molecule has 3 nitrogen and oxygen atoms in total. The molecule has 0 bridgehead atoms. The van der Waals surface area contributed by atoms with Gasteiger partial charge in [0.1, 0.15) is 5.65 Å². The summed E-state index contributed by atoms with van der Waals surface area (Å²) in [5.41, 5.74) is 7.87. The van der Waals surface area contributed by atoms with Crippen LogP contribution in [-0.2, 0) is 0 Å². The molecule has 3 heteroatoms. The third kappa shape index (κ3) is 2.72. The van der Waals surface area contributed by atoms with Gasteiger partial charge in [-0.05, 0) is 62.6 Å². The molecule has 0 fully saturated rings. The number of imidazole rings is 1. The van der Waals surface area contributed by atoms with Gasteiger partial charge < -0.3 is 4.57 Å². The van der Waals surface area contributed by atoms with E-state index >= 15 is 0 Å². The van der Waals surface area contributed by atoms with E-state index in [9.17, 15) is 0 Å². The molecule has 0 saturated carbocycles. The number of benzene rings is 7. The Balaban J connectivity index is 1.45. The molecule has 7 aromatic carbocycles. The fourth-order valence-corrected chi connectivity index (χ4v) is 7.32. The lowest BCUT2D eigenvalue weighted by atomic mass is 9.94. The van der Waals surface area contributed by atoms with Crippen LogP contribution < -0.4 is 0 Å². The minimum absolute atomic E-state index is 0.998. The number of pyridine rings is 1. The van der Waals surface area contributed by atoms with Crippen LogP contribution in [0.5, 0.6) is 0 Å². The molecule has 0 unspecified atom stereocenters. The van der Waals surface area contributed by atoms with Crippen LogP contribution in [0.2, 0.25) is 0 Å². The maximum Gasteiger partial charge on any atom is 0.146 e. The van der Waals surface area contributed by atoms with Crippen LogP contribution in [-0.4, -0.2) is 14.0 Å². The van der Waals surface area contributed by atoms with Crippen molar-refractivity contribution in [2.45, 2.75) is 0 Å². The van der Waals surface area contributed by atoms with E-state index < -0.39 is 0 Å². The first-order chi connectivity index (χ1) is 20.9. The minimum atomic E-state index is 0.998. The number of hydrogen-bond donors (Lipinski definition) is 0. The molecule has 3 heterocycles. The van der Waals surface area contributed by atoms with Crippen molar-refractivity contribution in [1.82, 2.24) is 14.0 Å². The van der Waals surface area contributed by atoms with Gasteiger partial charge in [0.2, 0.25) is 0 Å². The van der Waals surface area contributed by atoms with Crippen molar-refractivity contribution in [2.75, 3.05) is 0 Å². The van der Waals surface area contributed by atoms with Crippen LogP contribution in [0.15, 0.2) is 140 Å². The van der Waals surface area contributed by atoms with E-state index in [4.69, 9.17) is 4.98 Å². The zero-order valence-electron chi connectivity index (χ0n) is 22.6. The summed E-state index contributed by atoms with van der Waals surface area (Å²) in [6.07, 6.45) is 0. The van der Waals surface area contributed by atoms with Crippen LogP contribution in [0.25, 0.3) is 87.4 Å². The van der Waals surface area contributed by atoms with E-state index in [0.717, 1.165) is 27.8 Å². The first-order valence-electron chi connectivity index (χ1n) is 14.4. The van der Waals surface area contributed by atoms with Crippen LogP contribution in [0.4, 0.5) is 0 Å². The molecule has 0 atom stereocenters. The predicted molar refractivity (Wildman–Crippen MR) is 177 cm³/mol. The van der Waals surface area contributed by atoms with Gasteiger partial charge in [0, 0.05) is 21.8 Å². The molecule has 42 heavy (non-hydrogen) atoms. The van der Waals surface area contributed by atoms with Crippen molar-refractivity contribution >= 4 is 81.7 Å². The summed E-state index contributed by atoms with van der Waals surface area (Å²) < 4.78 is 4.83. The number of nitrogens with zero attached hydrogens (tertiary/aromatic N) is 3. The highest BCUT2D eigenvalue weighted by Gasteiger charge is 2.21. The Morgan fingerprint density at radius 2 is 0.905 bits per heavy atom. The van der Waals surface area contributed by atoms with Gasteiger partial charge in [-0.2, -0.15) is 0 Å². The average molecular weight is 534 g/mol. The smallest absolute Gasteiger partial charge is 0.146 e. The Labute approximate surface area is 240 Å². The van der Waals surface area contributed by atoms with Crippen molar-refractivity contribution < 1.29 is 0 Å². The van der Waals surface area contributed by atoms with Gasteiger partial charge in [-0.1, -0.05) is 109 Å². The van der Waals surface area contributed by atoms with Crippen molar-refractivity contribution in [3.05, 3.63) is 140 Å². The van der Waals surface area contributed by atoms with Crippen molar-refractivity contribution in [3.63, 3.8) is 0 Å². The number of rotatable bonds is 1. The third-order valence-corrected chi connectivity index (χ3v) is 9.04. The van der Waals surface area contributed by atoms with Gasteiger partial charge in [-0.3, -0.25) is 4.40 Å². The van der Waals surface area contributed by atoms with Crippen LogP contribution in [0, 0.1) is 0 Å². The highest BCUT2D eigenvalue weighted by molar-refractivity contribution is 6.26. The summed E-state index contributed by atoms with van der Waals surface area (Å²) in [7, 11) is 0. The van der Waals surface area contributed by atoms with E-state index in [1.165, 1.54) is 59.6 Å². The first kappa shape index (κ1) is 22.1. The summed E-state index contributed by atoms with van der Waals surface area (Å²) in [4.78, 5) is 5.14. The Hall–Kier alpha value is -5.67. The van der Waals surface area contributed by atoms with Gasteiger partial charge in [0.05, 0.1) is 27.6 Å². The highest BCUT2D eigenvalue weighted by Crippen LogP contribution is 2.41. The standard InChI is InChI=1S/C39H23N3/c1-2-13-27-25(11-1)26-12-3-4-14-28(26)33-23-24(21-22-29(27)33)41-35-19-9-7-17-32(35)38-37(41)30-15-5-6-16-31(30)39-40-34-18-8-10-20-36(34)42(38)39/h1-23H. The van der Waals surface area contributed by atoms with Crippen LogP contribution in [0.1, 0.15) is 0 Å². The first-order valence-corrected chi connectivity index (χ1v) is 14.4. The lowest BCUT2D eigenvalue weighted by Gasteiger charge is -2.14. The number of aromatic nitrogens is 3. The average Bonchev–Trinajstić information content (AvgIpc) is 3.61. The van der Waals surface area contributed by atoms with Gasteiger partial charge in [-0.15, -0.1) is 0 Å². The molecule has 0 spiro atoms. The van der Waals surface area contributed by atoms with Crippen LogP contribution >= 0.6 is 0 Å². The van der Waals surface area contributed by atoms with Gasteiger partial charge in [0.25, 0.3) is 0 Å². The van der Waals surface area contributed by atoms with Gasteiger partial charge >= 0.3 is 0 Å². The molecule has 0 radical (unpaired) electrons. The summed E-state index contributed by atoms with van der Waals surface area (Å²) in [6.45, 7) is 0. The largest absolute Gasteiger partial charge is 0.307 e. The molecule has 10 rings (SSSR count). The quantitative estimate of drug-likeness (QED) is 0.192. The monoisotopic (exact) mass is 533 g/mol. The Morgan fingerprint density at radius 1 is 0.381 bits per heavy atom. The summed E-state index contributed by atoms with van der Waals surface area (Å²) in [5, 5.41) is 11.3. The van der Waals surface area contributed by atoms with E-state index in [1.54, 1.807) is 0 Å².